The first-order valence-electron chi connectivity index (χ1n) is 6.89. The van der Waals surface area contributed by atoms with E-state index in [9.17, 15) is 9.59 Å². The first-order chi connectivity index (χ1) is 9.17. The van der Waals surface area contributed by atoms with Crippen LogP contribution in [-0.2, 0) is 14.3 Å². The van der Waals surface area contributed by atoms with Gasteiger partial charge in [0, 0.05) is 5.88 Å². The fraction of sp³-hybridized carbons (Fsp3) is 0.857. The normalized spacial score (nSPS) is 12.9. The van der Waals surface area contributed by atoms with E-state index in [4.69, 9.17) is 21.1 Å². The minimum atomic E-state index is -0.708. The molecular weight excluding hydrogens is 282 g/mol. The van der Waals surface area contributed by atoms with Crippen LogP contribution in [0.15, 0.2) is 0 Å². The van der Waals surface area contributed by atoms with Crippen LogP contribution in [0.5, 0.6) is 0 Å². The smallest absolute Gasteiger partial charge is 0.408 e. The lowest BCUT2D eigenvalue weighted by molar-refractivity contribution is -0.147. The van der Waals surface area contributed by atoms with Crippen molar-refractivity contribution >= 4 is 23.7 Å². The quantitative estimate of drug-likeness (QED) is 0.446. The molecule has 0 saturated carbocycles. The summed E-state index contributed by atoms with van der Waals surface area (Å²) >= 11 is 5.55. The highest BCUT2D eigenvalue weighted by atomic mass is 35.5. The average Bonchev–Trinajstić information content (AvgIpc) is 2.28. The van der Waals surface area contributed by atoms with Crippen molar-refractivity contribution in [2.24, 2.45) is 5.92 Å². The Morgan fingerprint density at radius 2 is 1.80 bits per heavy atom. The van der Waals surface area contributed by atoms with Gasteiger partial charge in [0.1, 0.15) is 11.6 Å². The number of carbonyl (C=O) groups excluding carboxylic acids is 2. The number of carbonyl (C=O) groups is 2. The Morgan fingerprint density at radius 1 is 1.20 bits per heavy atom. The van der Waals surface area contributed by atoms with Gasteiger partial charge in [-0.1, -0.05) is 13.8 Å². The van der Waals surface area contributed by atoms with Gasteiger partial charge < -0.3 is 14.8 Å². The van der Waals surface area contributed by atoms with Gasteiger partial charge in [0.25, 0.3) is 0 Å². The molecule has 1 atom stereocenters. The van der Waals surface area contributed by atoms with E-state index >= 15 is 0 Å². The molecule has 1 unspecified atom stereocenters. The van der Waals surface area contributed by atoms with Crippen molar-refractivity contribution in [2.75, 3.05) is 12.5 Å². The predicted octanol–water partition coefficient (Wildman–Crippen LogP) is 3.10. The fourth-order valence-electron chi connectivity index (χ4n) is 1.39. The minimum Gasteiger partial charge on any atom is -0.464 e. The van der Waals surface area contributed by atoms with Crippen LogP contribution in [0.3, 0.4) is 0 Å². The summed E-state index contributed by atoms with van der Waals surface area (Å²) in [6.07, 6.45) is 0.890. The van der Waals surface area contributed by atoms with Crippen LogP contribution in [-0.4, -0.2) is 36.2 Å². The molecule has 0 aliphatic carbocycles. The molecule has 0 aromatic heterocycles. The summed E-state index contributed by atoms with van der Waals surface area (Å²) in [5, 5.41) is 2.55. The maximum Gasteiger partial charge on any atom is 0.408 e. The standard InChI is InChI=1S/C14H26ClNO4/c1-10(2)11(12(17)19-9-7-6-8-15)16-13(18)20-14(3,4)5/h10-11H,6-9H2,1-5H3,(H,16,18). The Labute approximate surface area is 126 Å². The largest absolute Gasteiger partial charge is 0.464 e. The summed E-state index contributed by atoms with van der Waals surface area (Å²) in [6, 6.07) is -0.708. The van der Waals surface area contributed by atoms with Crippen molar-refractivity contribution in [3.05, 3.63) is 0 Å². The molecule has 6 heteroatoms. The van der Waals surface area contributed by atoms with Gasteiger partial charge in [-0.2, -0.15) is 0 Å². The molecule has 118 valence electrons. The molecule has 0 aliphatic rings. The van der Waals surface area contributed by atoms with Gasteiger partial charge in [0.05, 0.1) is 6.61 Å². The zero-order valence-electron chi connectivity index (χ0n) is 13.0. The van der Waals surface area contributed by atoms with E-state index in [1.165, 1.54) is 0 Å². The monoisotopic (exact) mass is 307 g/mol. The lowest BCUT2D eigenvalue weighted by Gasteiger charge is -2.24. The number of amides is 1. The van der Waals surface area contributed by atoms with Crippen molar-refractivity contribution in [2.45, 2.75) is 59.1 Å². The van der Waals surface area contributed by atoms with E-state index in [-0.39, 0.29) is 5.92 Å². The van der Waals surface area contributed by atoms with E-state index in [2.05, 4.69) is 5.32 Å². The van der Waals surface area contributed by atoms with Gasteiger partial charge >= 0.3 is 12.1 Å². The third-order valence-electron chi connectivity index (χ3n) is 2.37. The molecule has 1 N–H and O–H groups in total. The Bertz CT molecular complexity index is 313. The first kappa shape index (κ1) is 19.0. The van der Waals surface area contributed by atoms with Crippen LogP contribution in [0.25, 0.3) is 0 Å². The number of alkyl halides is 1. The number of hydrogen-bond acceptors (Lipinski definition) is 4. The molecule has 0 heterocycles. The molecule has 0 bridgehead atoms. The van der Waals surface area contributed by atoms with Gasteiger partial charge in [-0.05, 0) is 39.5 Å². The summed E-state index contributed by atoms with van der Waals surface area (Å²) in [4.78, 5) is 23.6. The number of rotatable bonds is 7. The van der Waals surface area contributed by atoms with Crippen LogP contribution in [0.4, 0.5) is 4.79 Å². The highest BCUT2D eigenvalue weighted by Crippen LogP contribution is 2.10. The molecular formula is C14H26ClNO4. The average molecular weight is 308 g/mol. The van der Waals surface area contributed by atoms with Crippen molar-refractivity contribution in [3.63, 3.8) is 0 Å². The molecule has 0 saturated heterocycles. The van der Waals surface area contributed by atoms with E-state index in [0.29, 0.717) is 18.9 Å². The van der Waals surface area contributed by atoms with E-state index in [0.717, 1.165) is 6.42 Å². The molecule has 0 spiro atoms. The second kappa shape index (κ2) is 9.06. The van der Waals surface area contributed by atoms with Gasteiger partial charge in [0.2, 0.25) is 0 Å². The highest BCUT2D eigenvalue weighted by molar-refractivity contribution is 6.17. The van der Waals surface area contributed by atoms with Crippen molar-refractivity contribution in [1.29, 1.82) is 0 Å². The number of halogens is 1. The van der Waals surface area contributed by atoms with Gasteiger partial charge in [-0.15, -0.1) is 11.6 Å². The zero-order valence-corrected chi connectivity index (χ0v) is 13.8. The highest BCUT2D eigenvalue weighted by Gasteiger charge is 2.27. The number of hydrogen-bond donors (Lipinski definition) is 1. The maximum absolute atomic E-state index is 11.9. The second-order valence-electron chi connectivity index (χ2n) is 5.93. The summed E-state index contributed by atoms with van der Waals surface area (Å²) < 4.78 is 10.3. The van der Waals surface area contributed by atoms with Gasteiger partial charge in [0.15, 0.2) is 0 Å². The number of esters is 1. The minimum absolute atomic E-state index is 0.0805. The number of ether oxygens (including phenoxy) is 2. The second-order valence-corrected chi connectivity index (χ2v) is 6.31. The molecule has 0 aliphatic heterocycles. The Kier molecular flexibility index (Phi) is 8.62. The van der Waals surface area contributed by atoms with Crippen LogP contribution >= 0.6 is 11.6 Å². The van der Waals surface area contributed by atoms with E-state index in [1.54, 1.807) is 20.8 Å². The van der Waals surface area contributed by atoms with Crippen LogP contribution in [0, 0.1) is 5.92 Å². The van der Waals surface area contributed by atoms with Crippen LogP contribution in [0.2, 0.25) is 0 Å². The molecule has 0 rings (SSSR count). The molecule has 0 aromatic carbocycles. The summed E-state index contributed by atoms with van der Waals surface area (Å²) in [6.45, 7) is 9.28. The number of nitrogens with one attached hydrogen (secondary N) is 1. The summed E-state index contributed by atoms with van der Waals surface area (Å²) in [5.74, 6) is 0.0184. The zero-order chi connectivity index (χ0) is 15.8. The van der Waals surface area contributed by atoms with Gasteiger partial charge in [-0.25, -0.2) is 9.59 Å². The third-order valence-corrected chi connectivity index (χ3v) is 2.63. The summed E-state index contributed by atoms with van der Waals surface area (Å²) in [7, 11) is 0. The lowest BCUT2D eigenvalue weighted by atomic mass is 10.1. The van der Waals surface area contributed by atoms with Gasteiger partial charge in [-0.3, -0.25) is 0 Å². The van der Waals surface area contributed by atoms with Crippen LogP contribution in [0.1, 0.15) is 47.5 Å². The molecule has 0 radical (unpaired) electrons. The number of unbranched alkanes of at least 4 members (excludes halogenated alkanes) is 1. The Hall–Kier alpha value is -0.970. The SMILES string of the molecule is CC(C)C(NC(=O)OC(C)(C)C)C(=O)OCCCCCl. The summed E-state index contributed by atoms with van der Waals surface area (Å²) in [5.41, 5.74) is -0.601. The molecule has 0 aromatic rings. The Morgan fingerprint density at radius 3 is 2.25 bits per heavy atom. The molecule has 1 amide bonds. The molecule has 5 nitrogen and oxygen atoms in total. The van der Waals surface area contributed by atoms with E-state index < -0.39 is 23.7 Å². The number of alkyl carbamates (subject to hydrolysis) is 1. The first-order valence-corrected chi connectivity index (χ1v) is 7.43. The van der Waals surface area contributed by atoms with Crippen molar-refractivity contribution in [1.82, 2.24) is 5.32 Å². The molecule has 0 fully saturated rings. The third kappa shape index (κ3) is 9.02. The van der Waals surface area contributed by atoms with Crippen molar-refractivity contribution in [3.8, 4) is 0 Å². The van der Waals surface area contributed by atoms with Crippen molar-refractivity contribution < 1.29 is 19.1 Å². The Balaban J connectivity index is 4.35. The van der Waals surface area contributed by atoms with Crippen LogP contribution < -0.4 is 5.32 Å². The molecule has 20 heavy (non-hydrogen) atoms. The lowest BCUT2D eigenvalue weighted by Crippen LogP contribution is -2.47. The fourth-order valence-corrected chi connectivity index (χ4v) is 1.58. The topological polar surface area (TPSA) is 64.6 Å². The van der Waals surface area contributed by atoms with E-state index in [1.807, 2.05) is 13.8 Å². The predicted molar refractivity (Wildman–Crippen MR) is 78.9 cm³/mol. The maximum atomic E-state index is 11.9.